The van der Waals surface area contributed by atoms with Gasteiger partial charge in [-0.3, -0.25) is 0 Å². The van der Waals surface area contributed by atoms with Gasteiger partial charge in [-0.25, -0.2) is 8.42 Å². The molecule has 1 N–H and O–H groups in total. The van der Waals surface area contributed by atoms with E-state index in [-0.39, 0.29) is 1.43 Å². The second-order valence-corrected chi connectivity index (χ2v) is 6.06. The van der Waals surface area contributed by atoms with Crippen LogP contribution in [0.2, 0.25) is 0 Å². The highest BCUT2D eigenvalue weighted by molar-refractivity contribution is 7.91. The summed E-state index contributed by atoms with van der Waals surface area (Å²) in [7, 11) is -2.66. The molecule has 4 heteroatoms. The molecule has 2 fully saturated rings. The molecule has 3 nitrogen and oxygen atoms in total. The number of rotatable bonds is 0. The van der Waals surface area contributed by atoms with Gasteiger partial charge in [0.25, 0.3) is 0 Å². The van der Waals surface area contributed by atoms with Crippen molar-refractivity contribution < 1.29 is 9.84 Å². The Labute approximate surface area is 68.6 Å². The molecule has 0 bridgehead atoms. The third kappa shape index (κ3) is 1.29. The van der Waals surface area contributed by atoms with Gasteiger partial charge in [0.1, 0.15) is 9.84 Å². The molecule has 0 aromatic rings. The molecule has 1 spiro atoms. The molecule has 0 radical (unpaired) electrons. The minimum absolute atomic E-state index is 0. The van der Waals surface area contributed by atoms with Gasteiger partial charge < -0.3 is 5.32 Å². The fourth-order valence-corrected chi connectivity index (χ4v) is 3.50. The molecule has 2 saturated heterocycles. The maximum atomic E-state index is 11.1. The summed E-state index contributed by atoms with van der Waals surface area (Å²) in [5.41, 5.74) is 0.366. The van der Waals surface area contributed by atoms with E-state index in [0.717, 1.165) is 25.9 Å². The van der Waals surface area contributed by atoms with Crippen LogP contribution in [0.3, 0.4) is 0 Å². The van der Waals surface area contributed by atoms with E-state index in [0.29, 0.717) is 16.9 Å². The van der Waals surface area contributed by atoms with Crippen LogP contribution in [0, 0.1) is 5.41 Å². The van der Waals surface area contributed by atoms with Crippen molar-refractivity contribution in [2.75, 3.05) is 24.6 Å². The van der Waals surface area contributed by atoms with E-state index in [1.54, 1.807) is 0 Å². The van der Waals surface area contributed by atoms with E-state index < -0.39 is 9.84 Å². The standard InChI is InChI=1S/C7H13NO2S.H2/c9-11(10)3-1-7(2-4-11)5-8-6-7;/h8H,1-6H2;1H. The Morgan fingerprint density at radius 2 is 1.73 bits per heavy atom. The minimum atomic E-state index is -2.66. The molecule has 0 saturated carbocycles. The SMILES string of the molecule is O=S1(=O)CCC2(CC1)CNC2.[HH]. The van der Waals surface area contributed by atoms with Crippen LogP contribution in [0.1, 0.15) is 14.3 Å². The summed E-state index contributed by atoms with van der Waals surface area (Å²) in [6, 6.07) is 0. The van der Waals surface area contributed by atoms with Crippen molar-refractivity contribution in [3.05, 3.63) is 0 Å². The molecule has 11 heavy (non-hydrogen) atoms. The summed E-state index contributed by atoms with van der Waals surface area (Å²) < 4.78 is 22.1. The number of nitrogens with one attached hydrogen (secondary N) is 1. The average Bonchev–Trinajstić information content (AvgIpc) is 1.84. The Balaban J connectivity index is 0.000000720. The quantitative estimate of drug-likeness (QED) is 0.568. The topological polar surface area (TPSA) is 46.2 Å². The van der Waals surface area contributed by atoms with Crippen molar-refractivity contribution in [1.29, 1.82) is 0 Å². The van der Waals surface area contributed by atoms with Gasteiger partial charge >= 0.3 is 0 Å². The first-order chi connectivity index (χ1) is 5.12. The second kappa shape index (κ2) is 2.20. The second-order valence-electron chi connectivity index (χ2n) is 3.76. The zero-order valence-corrected chi connectivity index (χ0v) is 7.28. The fourth-order valence-electron chi connectivity index (χ4n) is 1.80. The molecule has 0 aliphatic carbocycles. The Kier molecular flexibility index (Phi) is 1.51. The molecule has 0 aromatic heterocycles. The van der Waals surface area contributed by atoms with Gasteiger partial charge in [-0.15, -0.1) is 0 Å². The monoisotopic (exact) mass is 177 g/mol. The third-order valence-electron chi connectivity index (χ3n) is 2.89. The molecule has 2 rings (SSSR count). The van der Waals surface area contributed by atoms with Crippen LogP contribution in [0.5, 0.6) is 0 Å². The van der Waals surface area contributed by atoms with Crippen molar-refractivity contribution in [3.63, 3.8) is 0 Å². The van der Waals surface area contributed by atoms with E-state index in [1.165, 1.54) is 0 Å². The van der Waals surface area contributed by atoms with Crippen LogP contribution in [0.15, 0.2) is 0 Å². The molecule has 2 aliphatic rings. The van der Waals surface area contributed by atoms with Gasteiger partial charge in [0.15, 0.2) is 0 Å². The lowest BCUT2D eigenvalue weighted by atomic mass is 9.77. The molecule has 0 amide bonds. The van der Waals surface area contributed by atoms with Crippen molar-refractivity contribution >= 4 is 9.84 Å². The number of hydrogen-bond donors (Lipinski definition) is 1. The average molecular weight is 177 g/mol. The summed E-state index contributed by atoms with van der Waals surface area (Å²) in [5, 5.41) is 3.20. The first-order valence-electron chi connectivity index (χ1n) is 4.03. The van der Waals surface area contributed by atoms with Gasteiger partial charge in [0.2, 0.25) is 0 Å². The maximum absolute atomic E-state index is 11.1. The van der Waals surface area contributed by atoms with Gasteiger partial charge in [-0.05, 0) is 18.3 Å². The lowest BCUT2D eigenvalue weighted by Gasteiger charge is -2.45. The first kappa shape index (κ1) is 7.55. The highest BCUT2D eigenvalue weighted by atomic mass is 32.2. The first-order valence-corrected chi connectivity index (χ1v) is 5.85. The maximum Gasteiger partial charge on any atom is 0.150 e. The van der Waals surface area contributed by atoms with Crippen LogP contribution in [0.25, 0.3) is 0 Å². The third-order valence-corrected chi connectivity index (χ3v) is 4.54. The predicted molar refractivity (Wildman–Crippen MR) is 45.3 cm³/mol. The largest absolute Gasteiger partial charge is 0.316 e. The molecular formula is C7H15NO2S. The molecule has 0 unspecified atom stereocenters. The van der Waals surface area contributed by atoms with Crippen LogP contribution in [-0.4, -0.2) is 33.0 Å². The van der Waals surface area contributed by atoms with E-state index in [2.05, 4.69) is 5.32 Å². The van der Waals surface area contributed by atoms with Crippen LogP contribution in [-0.2, 0) is 9.84 Å². The normalized spacial score (nSPS) is 33.1. The Morgan fingerprint density at radius 3 is 2.09 bits per heavy atom. The van der Waals surface area contributed by atoms with Crippen molar-refractivity contribution in [2.45, 2.75) is 12.8 Å². The van der Waals surface area contributed by atoms with Crippen LogP contribution < -0.4 is 5.32 Å². The van der Waals surface area contributed by atoms with Gasteiger partial charge in [0.05, 0.1) is 11.5 Å². The van der Waals surface area contributed by atoms with Crippen molar-refractivity contribution in [2.24, 2.45) is 5.41 Å². The highest BCUT2D eigenvalue weighted by Gasteiger charge is 2.41. The molecular weight excluding hydrogens is 162 g/mol. The van der Waals surface area contributed by atoms with E-state index in [1.807, 2.05) is 0 Å². The number of sulfone groups is 1. The Hall–Kier alpha value is -0.0900. The van der Waals surface area contributed by atoms with Gasteiger partial charge in [-0.2, -0.15) is 0 Å². The summed E-state index contributed by atoms with van der Waals surface area (Å²) in [4.78, 5) is 0. The molecule has 0 atom stereocenters. The van der Waals surface area contributed by atoms with E-state index in [4.69, 9.17) is 0 Å². The zero-order chi connectivity index (χ0) is 7.95. The Morgan fingerprint density at radius 1 is 1.18 bits per heavy atom. The van der Waals surface area contributed by atoms with Gasteiger partial charge in [0, 0.05) is 14.5 Å². The molecule has 0 aromatic carbocycles. The lowest BCUT2D eigenvalue weighted by Crippen LogP contribution is -2.56. The molecule has 2 aliphatic heterocycles. The van der Waals surface area contributed by atoms with Crippen LogP contribution in [0.4, 0.5) is 0 Å². The molecule has 66 valence electrons. The summed E-state index contributed by atoms with van der Waals surface area (Å²) >= 11 is 0. The zero-order valence-electron chi connectivity index (χ0n) is 6.47. The van der Waals surface area contributed by atoms with Crippen molar-refractivity contribution in [1.82, 2.24) is 5.32 Å². The van der Waals surface area contributed by atoms with Crippen molar-refractivity contribution in [3.8, 4) is 0 Å². The summed E-state index contributed by atoms with van der Waals surface area (Å²) in [6.07, 6.45) is 1.75. The minimum Gasteiger partial charge on any atom is -0.316 e. The fraction of sp³-hybridized carbons (Fsp3) is 1.00. The number of hydrogen-bond acceptors (Lipinski definition) is 3. The Bertz CT molecular complexity index is 243. The predicted octanol–water partition coefficient (Wildman–Crippen LogP) is 0.0306. The van der Waals surface area contributed by atoms with E-state index in [9.17, 15) is 8.42 Å². The summed E-state index contributed by atoms with van der Waals surface area (Å²) in [6.45, 7) is 2.06. The van der Waals surface area contributed by atoms with Crippen LogP contribution >= 0.6 is 0 Å². The summed E-state index contributed by atoms with van der Waals surface area (Å²) in [5.74, 6) is 0.823. The van der Waals surface area contributed by atoms with Gasteiger partial charge in [-0.1, -0.05) is 0 Å². The lowest BCUT2D eigenvalue weighted by molar-refractivity contribution is 0.150. The highest BCUT2D eigenvalue weighted by Crippen LogP contribution is 2.35. The smallest absolute Gasteiger partial charge is 0.150 e. The van der Waals surface area contributed by atoms with E-state index >= 15 is 0 Å². The molecule has 2 heterocycles.